The Morgan fingerprint density at radius 1 is 1.80 bits per heavy atom. The predicted molar refractivity (Wildman–Crippen MR) is 22.5 cm³/mol. The van der Waals surface area contributed by atoms with Crippen LogP contribution < -0.4 is 5.73 Å². The zero-order valence-electron chi connectivity index (χ0n) is 2.34. The lowest BCUT2D eigenvalue weighted by atomic mass is 11.3. The Labute approximate surface area is 39.5 Å². The molecule has 0 aliphatic carbocycles. The first-order valence-electron chi connectivity index (χ1n) is 0.716. The average Bonchev–Trinajstić information content (AvgIpc) is 0.811. The SMILES string of the molecule is Br.NC(=O)O. The lowest BCUT2D eigenvalue weighted by molar-refractivity contribution is 0.205. The van der Waals surface area contributed by atoms with Gasteiger partial charge < -0.3 is 10.8 Å². The minimum atomic E-state index is -1.33. The van der Waals surface area contributed by atoms with E-state index in [4.69, 9.17) is 9.90 Å². The molecule has 0 saturated carbocycles. The molecule has 0 aromatic carbocycles. The summed E-state index contributed by atoms with van der Waals surface area (Å²) in [5, 5.41) is 7.19. The highest BCUT2D eigenvalue weighted by atomic mass is 79.9. The van der Waals surface area contributed by atoms with Crippen LogP contribution in [0.2, 0.25) is 0 Å². The van der Waals surface area contributed by atoms with Gasteiger partial charge in [0.05, 0.1) is 0 Å². The van der Waals surface area contributed by atoms with E-state index in [1.165, 1.54) is 0 Å². The highest BCUT2D eigenvalue weighted by molar-refractivity contribution is 8.93. The number of primary amides is 1. The van der Waals surface area contributed by atoms with E-state index >= 15 is 0 Å². The number of hydrogen-bond donors (Lipinski definition) is 2. The molecule has 0 saturated heterocycles. The van der Waals surface area contributed by atoms with Crippen molar-refractivity contribution in [3.8, 4) is 0 Å². The van der Waals surface area contributed by atoms with Crippen molar-refractivity contribution in [2.75, 3.05) is 0 Å². The van der Waals surface area contributed by atoms with Crippen LogP contribution in [0.3, 0.4) is 0 Å². The Morgan fingerprint density at radius 2 is 1.80 bits per heavy atom. The molecule has 4 heteroatoms. The van der Waals surface area contributed by atoms with Gasteiger partial charge in [-0.2, -0.15) is 0 Å². The molecule has 0 fully saturated rings. The third kappa shape index (κ3) is 184. The van der Waals surface area contributed by atoms with E-state index in [0.717, 1.165) is 0 Å². The molecular weight excluding hydrogens is 138 g/mol. The number of nitrogens with two attached hydrogens (primary N) is 1. The molecule has 0 aliphatic rings. The van der Waals surface area contributed by atoms with Crippen molar-refractivity contribution in [3.63, 3.8) is 0 Å². The van der Waals surface area contributed by atoms with Crippen LogP contribution in [0.1, 0.15) is 0 Å². The van der Waals surface area contributed by atoms with Gasteiger partial charge in [-0.05, 0) is 0 Å². The second kappa shape index (κ2) is 3.75. The Kier molecular flexibility index (Phi) is 6.62. The fourth-order valence-electron chi connectivity index (χ4n) is 0. The van der Waals surface area contributed by atoms with Crippen LogP contribution in [-0.4, -0.2) is 11.2 Å². The average molecular weight is 142 g/mol. The molecule has 0 aromatic rings. The fraction of sp³-hybridized carbons (Fsp3) is 0. The molecule has 0 aromatic heterocycles. The standard InChI is InChI=1S/CH3NO2.BrH/c2-1(3)4;/h2H2,(H,3,4);1H. The Bertz CT molecular complexity index is 32.6. The number of carboxylic acid groups (broad SMARTS) is 1. The highest BCUT2D eigenvalue weighted by Gasteiger charge is 1.65. The first kappa shape index (κ1) is 8.83. The molecule has 0 aliphatic heterocycles. The van der Waals surface area contributed by atoms with E-state index in [1.54, 1.807) is 0 Å². The molecule has 1 amide bonds. The second-order valence-corrected chi connectivity index (χ2v) is 0.338. The van der Waals surface area contributed by atoms with Gasteiger partial charge in [0.25, 0.3) is 0 Å². The summed E-state index contributed by atoms with van der Waals surface area (Å²) in [6.45, 7) is 0. The van der Waals surface area contributed by atoms with Gasteiger partial charge in [0.2, 0.25) is 0 Å². The summed E-state index contributed by atoms with van der Waals surface area (Å²) in [4.78, 5) is 8.78. The fourth-order valence-corrected chi connectivity index (χ4v) is 0. The number of halogens is 1. The van der Waals surface area contributed by atoms with E-state index in [-0.39, 0.29) is 17.0 Å². The molecule has 0 rings (SSSR count). The van der Waals surface area contributed by atoms with E-state index < -0.39 is 6.09 Å². The summed E-state index contributed by atoms with van der Waals surface area (Å²) < 4.78 is 0. The second-order valence-electron chi connectivity index (χ2n) is 0.338. The number of rotatable bonds is 0. The van der Waals surface area contributed by atoms with Gasteiger partial charge in [0.15, 0.2) is 0 Å². The van der Waals surface area contributed by atoms with E-state index in [2.05, 4.69) is 5.73 Å². The summed E-state index contributed by atoms with van der Waals surface area (Å²) in [6, 6.07) is 0. The van der Waals surface area contributed by atoms with Crippen molar-refractivity contribution in [1.82, 2.24) is 0 Å². The topological polar surface area (TPSA) is 63.3 Å². The summed E-state index contributed by atoms with van der Waals surface area (Å²) in [7, 11) is 0. The van der Waals surface area contributed by atoms with Gasteiger partial charge in [-0.25, -0.2) is 4.79 Å². The molecular formula is CH4BrNO2. The monoisotopic (exact) mass is 141 g/mol. The Hall–Kier alpha value is -0.250. The van der Waals surface area contributed by atoms with Crippen molar-refractivity contribution in [2.24, 2.45) is 5.73 Å². The molecule has 3 N–H and O–H groups in total. The minimum Gasteiger partial charge on any atom is -0.465 e. The maximum atomic E-state index is 8.78. The van der Waals surface area contributed by atoms with Gasteiger partial charge in [0.1, 0.15) is 0 Å². The molecule has 3 nitrogen and oxygen atoms in total. The molecule has 32 valence electrons. The van der Waals surface area contributed by atoms with Crippen LogP contribution in [0.4, 0.5) is 4.79 Å². The quantitative estimate of drug-likeness (QED) is 0.507. The molecule has 0 spiro atoms. The molecule has 0 unspecified atom stereocenters. The highest BCUT2D eigenvalue weighted by Crippen LogP contribution is 1.34. The van der Waals surface area contributed by atoms with Crippen molar-refractivity contribution in [3.05, 3.63) is 0 Å². The maximum Gasteiger partial charge on any atom is 0.402 e. The molecule has 0 bridgehead atoms. The molecule has 0 atom stereocenters. The smallest absolute Gasteiger partial charge is 0.402 e. The van der Waals surface area contributed by atoms with Crippen molar-refractivity contribution in [1.29, 1.82) is 0 Å². The molecule has 5 heavy (non-hydrogen) atoms. The first-order valence-corrected chi connectivity index (χ1v) is 0.716. The van der Waals surface area contributed by atoms with Crippen LogP contribution in [0.25, 0.3) is 0 Å². The predicted octanol–water partition coefficient (Wildman–Crippen LogP) is 0.201. The Morgan fingerprint density at radius 3 is 1.80 bits per heavy atom. The van der Waals surface area contributed by atoms with Gasteiger partial charge in [-0.3, -0.25) is 0 Å². The summed E-state index contributed by atoms with van der Waals surface area (Å²) in [5.74, 6) is 0. The van der Waals surface area contributed by atoms with Crippen LogP contribution in [0, 0.1) is 0 Å². The lowest BCUT2D eigenvalue weighted by Crippen LogP contribution is -2.03. The number of amides is 1. The molecule has 0 radical (unpaired) electrons. The largest absolute Gasteiger partial charge is 0.465 e. The van der Waals surface area contributed by atoms with Crippen LogP contribution in [0.15, 0.2) is 0 Å². The third-order valence-corrected chi connectivity index (χ3v) is 0. The zero-order valence-corrected chi connectivity index (χ0v) is 4.05. The minimum absolute atomic E-state index is 0. The van der Waals surface area contributed by atoms with Gasteiger partial charge in [0, 0.05) is 0 Å². The van der Waals surface area contributed by atoms with Gasteiger partial charge in [-0.15, -0.1) is 17.0 Å². The molecule has 0 heterocycles. The van der Waals surface area contributed by atoms with E-state index in [0.29, 0.717) is 0 Å². The maximum absolute atomic E-state index is 8.78. The van der Waals surface area contributed by atoms with E-state index in [9.17, 15) is 0 Å². The van der Waals surface area contributed by atoms with Crippen LogP contribution in [-0.2, 0) is 0 Å². The first-order chi connectivity index (χ1) is 1.73. The zero-order chi connectivity index (χ0) is 3.58. The van der Waals surface area contributed by atoms with Crippen molar-refractivity contribution >= 4 is 23.1 Å². The third-order valence-electron chi connectivity index (χ3n) is 0. The summed E-state index contributed by atoms with van der Waals surface area (Å²) >= 11 is 0. The van der Waals surface area contributed by atoms with Crippen LogP contribution in [0.5, 0.6) is 0 Å². The summed E-state index contributed by atoms with van der Waals surface area (Å²) in [5.41, 5.74) is 4.03. The number of hydrogen-bond acceptors (Lipinski definition) is 1. The van der Waals surface area contributed by atoms with Crippen molar-refractivity contribution in [2.45, 2.75) is 0 Å². The number of carbonyl (C=O) groups is 1. The lowest BCUT2D eigenvalue weighted by Gasteiger charge is -1.61. The Balaban J connectivity index is 0. The normalized spacial score (nSPS) is 4.80. The van der Waals surface area contributed by atoms with Gasteiger partial charge in [-0.1, -0.05) is 0 Å². The van der Waals surface area contributed by atoms with E-state index in [1.807, 2.05) is 0 Å². The summed E-state index contributed by atoms with van der Waals surface area (Å²) in [6.07, 6.45) is -1.33. The van der Waals surface area contributed by atoms with Crippen LogP contribution >= 0.6 is 17.0 Å². The van der Waals surface area contributed by atoms with Crippen molar-refractivity contribution < 1.29 is 9.90 Å². The van der Waals surface area contributed by atoms with Gasteiger partial charge >= 0.3 is 6.09 Å².